The number of carbonyl (C=O) groups excluding carboxylic acids is 1. The highest BCUT2D eigenvalue weighted by molar-refractivity contribution is 5.94. The van der Waals surface area contributed by atoms with Crippen molar-refractivity contribution in [3.05, 3.63) is 60.2 Å². The number of para-hydroxylation sites is 2. The van der Waals surface area contributed by atoms with Crippen molar-refractivity contribution >= 4 is 11.6 Å². The van der Waals surface area contributed by atoms with Crippen LogP contribution in [0.3, 0.4) is 0 Å². The highest BCUT2D eigenvalue weighted by Crippen LogP contribution is 2.31. The molecule has 148 valence electrons. The van der Waals surface area contributed by atoms with Gasteiger partial charge in [-0.3, -0.25) is 4.79 Å². The predicted octanol–water partition coefficient (Wildman–Crippen LogP) is 3.12. The summed E-state index contributed by atoms with van der Waals surface area (Å²) in [5.41, 5.74) is 1.92. The number of likely N-dealkylation sites (N-methyl/N-ethyl adjacent to an activating group) is 1. The van der Waals surface area contributed by atoms with Crippen LogP contribution in [0.15, 0.2) is 54.6 Å². The van der Waals surface area contributed by atoms with E-state index in [2.05, 4.69) is 35.0 Å². The van der Waals surface area contributed by atoms with Crippen molar-refractivity contribution in [2.45, 2.75) is 18.9 Å². The molecular weight excluding hydrogens is 350 g/mol. The minimum Gasteiger partial charge on any atom is -0.486 e. The Kier molecular flexibility index (Phi) is 5.81. The van der Waals surface area contributed by atoms with E-state index in [0.29, 0.717) is 6.54 Å². The largest absolute Gasteiger partial charge is 0.486 e. The Morgan fingerprint density at radius 2 is 1.64 bits per heavy atom. The highest BCUT2D eigenvalue weighted by Gasteiger charge is 2.27. The van der Waals surface area contributed by atoms with Crippen LogP contribution in [0.4, 0.5) is 5.69 Å². The van der Waals surface area contributed by atoms with Gasteiger partial charge >= 0.3 is 0 Å². The molecule has 0 saturated carbocycles. The van der Waals surface area contributed by atoms with Crippen LogP contribution < -0.4 is 9.64 Å². The molecule has 2 aliphatic rings. The van der Waals surface area contributed by atoms with Crippen molar-refractivity contribution in [3.8, 4) is 5.75 Å². The minimum absolute atomic E-state index is 0.0371. The fourth-order valence-corrected chi connectivity index (χ4v) is 4.03. The van der Waals surface area contributed by atoms with Gasteiger partial charge in [-0.15, -0.1) is 0 Å². The van der Waals surface area contributed by atoms with Gasteiger partial charge in [-0.25, -0.2) is 0 Å². The Hall–Kier alpha value is -2.53. The van der Waals surface area contributed by atoms with E-state index in [-0.39, 0.29) is 12.0 Å². The van der Waals surface area contributed by atoms with Gasteiger partial charge in [-0.05, 0) is 44.2 Å². The van der Waals surface area contributed by atoms with Crippen LogP contribution in [0.2, 0.25) is 0 Å². The SMILES string of the molecule is CN1CCN(c2ccccc2OC2CCCN(C(=O)c3ccccc3)C2)CC1. The normalized spacial score (nSPS) is 20.8. The first-order valence-electron chi connectivity index (χ1n) is 10.2. The second-order valence-electron chi connectivity index (χ2n) is 7.76. The number of nitrogens with zero attached hydrogens (tertiary/aromatic N) is 3. The number of benzene rings is 2. The van der Waals surface area contributed by atoms with E-state index < -0.39 is 0 Å². The zero-order valence-corrected chi connectivity index (χ0v) is 16.6. The Morgan fingerprint density at radius 1 is 0.929 bits per heavy atom. The number of ether oxygens (including phenoxy) is 1. The first-order valence-corrected chi connectivity index (χ1v) is 10.2. The molecule has 1 unspecified atom stereocenters. The summed E-state index contributed by atoms with van der Waals surface area (Å²) >= 11 is 0. The lowest BCUT2D eigenvalue weighted by atomic mass is 10.1. The Bertz CT molecular complexity index is 787. The Balaban J connectivity index is 1.44. The second kappa shape index (κ2) is 8.65. The summed E-state index contributed by atoms with van der Waals surface area (Å²) in [4.78, 5) is 19.5. The lowest BCUT2D eigenvalue weighted by Crippen LogP contribution is -2.45. The number of amides is 1. The average molecular weight is 380 g/mol. The van der Waals surface area contributed by atoms with Gasteiger partial charge in [0.1, 0.15) is 11.9 Å². The molecule has 2 heterocycles. The van der Waals surface area contributed by atoms with E-state index in [1.807, 2.05) is 41.3 Å². The van der Waals surface area contributed by atoms with Crippen molar-refractivity contribution in [1.29, 1.82) is 0 Å². The molecule has 0 radical (unpaired) electrons. The van der Waals surface area contributed by atoms with Gasteiger partial charge in [-0.2, -0.15) is 0 Å². The molecule has 0 bridgehead atoms. The number of rotatable bonds is 4. The molecule has 4 rings (SSSR count). The summed E-state index contributed by atoms with van der Waals surface area (Å²) in [6.07, 6.45) is 1.99. The minimum atomic E-state index is 0.0371. The monoisotopic (exact) mass is 379 g/mol. The molecule has 1 atom stereocenters. The quantitative estimate of drug-likeness (QED) is 0.818. The van der Waals surface area contributed by atoms with Crippen LogP contribution in [0.5, 0.6) is 5.75 Å². The van der Waals surface area contributed by atoms with Crippen LogP contribution in [0, 0.1) is 0 Å². The first-order chi connectivity index (χ1) is 13.7. The topological polar surface area (TPSA) is 36.0 Å². The van der Waals surface area contributed by atoms with E-state index >= 15 is 0 Å². The molecule has 28 heavy (non-hydrogen) atoms. The molecule has 2 aromatic rings. The lowest BCUT2D eigenvalue weighted by Gasteiger charge is -2.37. The van der Waals surface area contributed by atoms with Crippen molar-refractivity contribution in [2.75, 3.05) is 51.2 Å². The van der Waals surface area contributed by atoms with Crippen molar-refractivity contribution in [1.82, 2.24) is 9.80 Å². The van der Waals surface area contributed by atoms with E-state index in [4.69, 9.17) is 4.74 Å². The standard InChI is InChI=1S/C23H29N3O2/c1-24-14-16-25(17-15-24)21-11-5-6-12-22(21)28-20-10-7-13-26(18-20)23(27)19-8-3-2-4-9-19/h2-6,8-9,11-12,20H,7,10,13-18H2,1H3. The van der Waals surface area contributed by atoms with E-state index in [9.17, 15) is 4.79 Å². The second-order valence-corrected chi connectivity index (χ2v) is 7.76. The summed E-state index contributed by atoms with van der Waals surface area (Å²) in [6, 6.07) is 17.9. The van der Waals surface area contributed by atoms with Crippen LogP contribution in [-0.4, -0.2) is 68.1 Å². The number of piperidine rings is 1. The van der Waals surface area contributed by atoms with E-state index in [1.165, 1.54) is 5.69 Å². The number of likely N-dealkylation sites (tertiary alicyclic amines) is 1. The zero-order valence-electron chi connectivity index (χ0n) is 16.6. The van der Waals surface area contributed by atoms with Gasteiger partial charge in [0.15, 0.2) is 0 Å². The molecule has 2 aromatic carbocycles. The fourth-order valence-electron chi connectivity index (χ4n) is 4.03. The molecule has 0 aliphatic carbocycles. The Labute approximate surface area is 167 Å². The van der Waals surface area contributed by atoms with Gasteiger partial charge in [0.2, 0.25) is 0 Å². The van der Waals surface area contributed by atoms with Crippen LogP contribution >= 0.6 is 0 Å². The van der Waals surface area contributed by atoms with Crippen LogP contribution in [0.1, 0.15) is 23.2 Å². The molecule has 2 saturated heterocycles. The number of piperazine rings is 1. The van der Waals surface area contributed by atoms with E-state index in [1.54, 1.807) is 0 Å². The zero-order chi connectivity index (χ0) is 19.3. The van der Waals surface area contributed by atoms with Gasteiger partial charge in [0.25, 0.3) is 5.91 Å². The fraction of sp³-hybridized carbons (Fsp3) is 0.435. The van der Waals surface area contributed by atoms with Gasteiger partial charge in [0, 0.05) is 38.3 Å². The maximum Gasteiger partial charge on any atom is 0.253 e. The molecule has 2 aliphatic heterocycles. The maximum atomic E-state index is 12.8. The lowest BCUT2D eigenvalue weighted by molar-refractivity contribution is 0.0538. The van der Waals surface area contributed by atoms with Crippen molar-refractivity contribution in [3.63, 3.8) is 0 Å². The van der Waals surface area contributed by atoms with Crippen molar-refractivity contribution in [2.24, 2.45) is 0 Å². The van der Waals surface area contributed by atoms with Crippen molar-refractivity contribution < 1.29 is 9.53 Å². The molecule has 5 nitrogen and oxygen atoms in total. The molecule has 0 N–H and O–H groups in total. The van der Waals surface area contributed by atoms with Gasteiger partial charge < -0.3 is 19.4 Å². The van der Waals surface area contributed by atoms with Crippen LogP contribution in [0.25, 0.3) is 0 Å². The number of hydrogen-bond acceptors (Lipinski definition) is 4. The average Bonchev–Trinajstić information content (AvgIpc) is 2.75. The molecule has 0 aromatic heterocycles. The molecule has 0 spiro atoms. The number of anilines is 1. The summed E-state index contributed by atoms with van der Waals surface area (Å²) in [5, 5.41) is 0. The molecule has 1 amide bonds. The highest BCUT2D eigenvalue weighted by atomic mass is 16.5. The maximum absolute atomic E-state index is 12.8. The third kappa shape index (κ3) is 4.30. The first kappa shape index (κ1) is 18.8. The summed E-state index contributed by atoms with van der Waals surface area (Å²) in [5.74, 6) is 1.03. The summed E-state index contributed by atoms with van der Waals surface area (Å²) in [6.45, 7) is 5.60. The van der Waals surface area contributed by atoms with Gasteiger partial charge in [0.05, 0.1) is 12.2 Å². The third-order valence-electron chi connectivity index (χ3n) is 5.69. The summed E-state index contributed by atoms with van der Waals surface area (Å²) < 4.78 is 6.43. The van der Waals surface area contributed by atoms with Crippen LogP contribution in [-0.2, 0) is 0 Å². The number of hydrogen-bond donors (Lipinski definition) is 0. The smallest absolute Gasteiger partial charge is 0.253 e. The predicted molar refractivity (Wildman–Crippen MR) is 112 cm³/mol. The molecule has 5 heteroatoms. The molecule has 2 fully saturated rings. The molecular formula is C23H29N3O2. The van der Waals surface area contributed by atoms with Gasteiger partial charge in [-0.1, -0.05) is 30.3 Å². The third-order valence-corrected chi connectivity index (χ3v) is 5.69. The summed E-state index contributed by atoms with van der Waals surface area (Å²) in [7, 11) is 2.17. The van der Waals surface area contributed by atoms with E-state index in [0.717, 1.165) is 56.9 Å². The Morgan fingerprint density at radius 3 is 2.43 bits per heavy atom. The number of carbonyl (C=O) groups is 1.